The Morgan fingerprint density at radius 2 is 1.78 bits per heavy atom. The second kappa shape index (κ2) is 10.3. The number of hydrogen-bond acceptors (Lipinski definition) is 4. The maximum Gasteiger partial charge on any atom is 0.238 e. The van der Waals surface area contributed by atoms with Gasteiger partial charge in [-0.3, -0.25) is 4.99 Å². The van der Waals surface area contributed by atoms with Crippen molar-refractivity contribution in [3.8, 4) is 0 Å². The highest BCUT2D eigenvalue weighted by molar-refractivity contribution is 8.00. The van der Waals surface area contributed by atoms with Crippen LogP contribution in [-0.2, 0) is 16.4 Å². The number of sulfonamides is 1. The highest BCUT2D eigenvalue weighted by Crippen LogP contribution is 2.21. The second-order valence-electron chi connectivity index (χ2n) is 6.06. The number of primary sulfonamides is 1. The number of guanidine groups is 1. The van der Waals surface area contributed by atoms with Gasteiger partial charge in [0, 0.05) is 30.3 Å². The number of aliphatic imine (C=N–C) groups is 1. The third-order valence-electron chi connectivity index (χ3n) is 3.82. The lowest BCUT2D eigenvalue weighted by atomic mass is 10.1. The lowest BCUT2D eigenvalue weighted by molar-refractivity contribution is 0.598. The molecular weight excluding hydrogens is 380 g/mol. The lowest BCUT2D eigenvalue weighted by Crippen LogP contribution is -2.40. The zero-order valence-corrected chi connectivity index (χ0v) is 17.2. The minimum absolute atomic E-state index is 0.126. The maximum absolute atomic E-state index is 11.3. The van der Waals surface area contributed by atoms with Crippen molar-refractivity contribution in [1.29, 1.82) is 0 Å². The predicted molar refractivity (Wildman–Crippen MR) is 113 cm³/mol. The zero-order valence-electron chi connectivity index (χ0n) is 15.6. The molecule has 0 saturated carbocycles. The van der Waals surface area contributed by atoms with Gasteiger partial charge in [-0.15, -0.1) is 11.8 Å². The summed E-state index contributed by atoms with van der Waals surface area (Å²) in [4.78, 5) is 5.61. The van der Waals surface area contributed by atoms with Crippen LogP contribution in [0.25, 0.3) is 0 Å². The van der Waals surface area contributed by atoms with Crippen molar-refractivity contribution in [2.24, 2.45) is 10.1 Å². The summed E-state index contributed by atoms with van der Waals surface area (Å²) < 4.78 is 22.5. The van der Waals surface area contributed by atoms with Crippen LogP contribution in [0.2, 0.25) is 0 Å². The fourth-order valence-electron chi connectivity index (χ4n) is 2.41. The molecule has 4 N–H and O–H groups in total. The minimum Gasteiger partial charge on any atom is -0.356 e. The molecule has 0 aliphatic heterocycles. The van der Waals surface area contributed by atoms with E-state index in [2.05, 4.69) is 34.7 Å². The predicted octanol–water partition coefficient (Wildman–Crippen LogP) is 2.22. The van der Waals surface area contributed by atoms with Crippen LogP contribution in [0, 0.1) is 0 Å². The van der Waals surface area contributed by atoms with E-state index in [1.807, 2.05) is 30.0 Å². The third-order valence-corrected chi connectivity index (χ3v) is 5.86. The van der Waals surface area contributed by atoms with E-state index >= 15 is 0 Å². The van der Waals surface area contributed by atoms with Gasteiger partial charge in [-0.1, -0.05) is 37.3 Å². The fraction of sp³-hybridized carbons (Fsp3) is 0.316. The zero-order chi connectivity index (χ0) is 19.7. The number of hydrogen-bond donors (Lipinski definition) is 3. The smallest absolute Gasteiger partial charge is 0.238 e. The first-order valence-corrected chi connectivity index (χ1v) is 11.1. The summed E-state index contributed by atoms with van der Waals surface area (Å²) in [5.41, 5.74) is 1.03. The summed E-state index contributed by atoms with van der Waals surface area (Å²) in [6, 6.07) is 16.9. The largest absolute Gasteiger partial charge is 0.356 e. The Balaban J connectivity index is 1.74. The van der Waals surface area contributed by atoms with Crippen LogP contribution in [0.15, 0.2) is 69.4 Å². The standard InChI is InChI=1S/C19H26N4O2S2/c1-15(26-17-6-4-3-5-7-17)14-23-19(21-2)22-13-12-16-8-10-18(11-9-16)27(20,24)25/h3-11,15H,12-14H2,1-2H3,(H2,20,24,25)(H2,21,22,23). The Hall–Kier alpha value is -2.03. The number of rotatable bonds is 8. The molecule has 27 heavy (non-hydrogen) atoms. The number of thioether (sulfide) groups is 1. The average Bonchev–Trinajstić information content (AvgIpc) is 2.65. The molecule has 0 aliphatic carbocycles. The summed E-state index contributed by atoms with van der Waals surface area (Å²) in [6.07, 6.45) is 0.750. The van der Waals surface area contributed by atoms with E-state index in [9.17, 15) is 8.42 Å². The number of nitrogens with zero attached hydrogens (tertiary/aromatic N) is 1. The van der Waals surface area contributed by atoms with Crippen LogP contribution in [0.4, 0.5) is 0 Å². The van der Waals surface area contributed by atoms with Gasteiger partial charge in [0.2, 0.25) is 10.0 Å². The molecule has 2 aromatic carbocycles. The lowest BCUT2D eigenvalue weighted by Gasteiger charge is -2.16. The molecule has 0 saturated heterocycles. The summed E-state index contributed by atoms with van der Waals surface area (Å²) in [5, 5.41) is 12.1. The summed E-state index contributed by atoms with van der Waals surface area (Å²) in [7, 11) is -1.90. The molecule has 8 heteroatoms. The molecule has 146 valence electrons. The SMILES string of the molecule is CN=C(NCCc1ccc(S(N)(=O)=O)cc1)NCC(C)Sc1ccccc1. The molecule has 0 aliphatic rings. The normalized spacial score (nSPS) is 13.2. The van der Waals surface area contributed by atoms with Crippen molar-refractivity contribution in [2.75, 3.05) is 20.1 Å². The van der Waals surface area contributed by atoms with Gasteiger partial charge in [0.05, 0.1) is 4.90 Å². The Morgan fingerprint density at radius 3 is 2.37 bits per heavy atom. The molecule has 0 amide bonds. The van der Waals surface area contributed by atoms with Crippen molar-refractivity contribution in [3.05, 3.63) is 60.2 Å². The molecule has 2 aromatic rings. The Morgan fingerprint density at radius 1 is 1.11 bits per heavy atom. The monoisotopic (exact) mass is 406 g/mol. The van der Waals surface area contributed by atoms with E-state index in [4.69, 9.17) is 5.14 Å². The quantitative estimate of drug-likeness (QED) is 0.355. The Labute approximate surface area is 165 Å². The molecule has 0 radical (unpaired) electrons. The van der Waals surface area contributed by atoms with Crippen LogP contribution in [0.3, 0.4) is 0 Å². The molecule has 0 aromatic heterocycles. The number of nitrogens with two attached hydrogens (primary N) is 1. The minimum atomic E-state index is -3.64. The molecule has 2 rings (SSSR count). The number of nitrogens with one attached hydrogen (secondary N) is 2. The maximum atomic E-state index is 11.3. The molecule has 6 nitrogen and oxygen atoms in total. The van der Waals surface area contributed by atoms with Crippen LogP contribution >= 0.6 is 11.8 Å². The third kappa shape index (κ3) is 7.62. The van der Waals surface area contributed by atoms with Crippen LogP contribution in [0.1, 0.15) is 12.5 Å². The van der Waals surface area contributed by atoms with Gasteiger partial charge in [-0.05, 0) is 36.2 Å². The van der Waals surface area contributed by atoms with E-state index in [0.29, 0.717) is 11.8 Å². The van der Waals surface area contributed by atoms with E-state index in [-0.39, 0.29) is 4.90 Å². The molecule has 0 heterocycles. The van der Waals surface area contributed by atoms with Gasteiger partial charge in [0.25, 0.3) is 0 Å². The summed E-state index contributed by atoms with van der Waals surface area (Å²) in [6.45, 7) is 3.65. The topological polar surface area (TPSA) is 96.6 Å². The Bertz CT molecular complexity index is 838. The highest BCUT2D eigenvalue weighted by atomic mass is 32.2. The van der Waals surface area contributed by atoms with E-state index < -0.39 is 10.0 Å². The van der Waals surface area contributed by atoms with Crippen molar-refractivity contribution in [2.45, 2.75) is 28.4 Å². The molecule has 1 atom stereocenters. The van der Waals surface area contributed by atoms with Crippen LogP contribution in [0.5, 0.6) is 0 Å². The number of benzene rings is 2. The van der Waals surface area contributed by atoms with Gasteiger partial charge in [0.1, 0.15) is 0 Å². The van der Waals surface area contributed by atoms with Gasteiger partial charge in [-0.2, -0.15) is 0 Å². The first kappa shape index (κ1) is 21.3. The highest BCUT2D eigenvalue weighted by Gasteiger charge is 2.07. The van der Waals surface area contributed by atoms with Crippen molar-refractivity contribution >= 4 is 27.7 Å². The molecule has 0 bridgehead atoms. The van der Waals surface area contributed by atoms with Crippen molar-refractivity contribution in [1.82, 2.24) is 10.6 Å². The van der Waals surface area contributed by atoms with E-state index in [1.54, 1.807) is 19.2 Å². The van der Waals surface area contributed by atoms with E-state index in [1.165, 1.54) is 17.0 Å². The van der Waals surface area contributed by atoms with E-state index in [0.717, 1.165) is 24.5 Å². The van der Waals surface area contributed by atoms with Crippen LogP contribution < -0.4 is 15.8 Å². The fourth-order valence-corrected chi connectivity index (χ4v) is 3.87. The van der Waals surface area contributed by atoms with Crippen molar-refractivity contribution < 1.29 is 8.42 Å². The first-order chi connectivity index (χ1) is 12.9. The first-order valence-electron chi connectivity index (χ1n) is 8.66. The second-order valence-corrected chi connectivity index (χ2v) is 9.13. The molecule has 0 spiro atoms. The Kier molecular flexibility index (Phi) is 8.15. The molecule has 1 unspecified atom stereocenters. The molecule has 0 fully saturated rings. The average molecular weight is 407 g/mol. The van der Waals surface area contributed by atoms with Gasteiger partial charge in [0.15, 0.2) is 5.96 Å². The van der Waals surface area contributed by atoms with Crippen LogP contribution in [-0.4, -0.2) is 39.8 Å². The summed E-state index contributed by atoms with van der Waals surface area (Å²) in [5.74, 6) is 0.747. The van der Waals surface area contributed by atoms with Gasteiger partial charge in [-0.25, -0.2) is 13.6 Å². The van der Waals surface area contributed by atoms with Crippen molar-refractivity contribution in [3.63, 3.8) is 0 Å². The molecular formula is C19H26N4O2S2. The van der Waals surface area contributed by atoms with Gasteiger partial charge >= 0.3 is 0 Å². The van der Waals surface area contributed by atoms with Gasteiger partial charge < -0.3 is 10.6 Å². The summed E-state index contributed by atoms with van der Waals surface area (Å²) >= 11 is 1.82.